The Morgan fingerprint density at radius 2 is 2.11 bits per heavy atom. The van der Waals surface area contributed by atoms with Gasteiger partial charge in [0.2, 0.25) is 6.04 Å². The van der Waals surface area contributed by atoms with Gasteiger partial charge in [-0.05, 0) is 17.7 Å². The Morgan fingerprint density at radius 1 is 1.37 bits per heavy atom. The number of hydrogen-bond acceptors (Lipinski definition) is 7. The van der Waals surface area contributed by atoms with E-state index in [4.69, 9.17) is 0 Å². The highest BCUT2D eigenvalue weighted by Crippen LogP contribution is 2.19. The van der Waals surface area contributed by atoms with Crippen LogP contribution < -0.4 is 15.2 Å². The Morgan fingerprint density at radius 3 is 2.78 bits per heavy atom. The number of likely N-dealkylation sites (N-methyl/N-ethyl adjacent to an activating group) is 2. The molecule has 1 aromatic carbocycles. The van der Waals surface area contributed by atoms with E-state index in [9.17, 15) is 19.8 Å². The second-order valence-corrected chi connectivity index (χ2v) is 5.97. The van der Waals surface area contributed by atoms with Crippen molar-refractivity contribution in [2.75, 3.05) is 20.6 Å². The van der Waals surface area contributed by atoms with Crippen molar-refractivity contribution in [3.8, 4) is 11.5 Å². The molecule has 2 N–H and O–H groups in total. The fourth-order valence-corrected chi connectivity index (χ4v) is 2.81. The smallest absolute Gasteiger partial charge is 0.421 e. The van der Waals surface area contributed by atoms with Gasteiger partial charge in [-0.1, -0.05) is 17.9 Å². The molecule has 1 aromatic rings. The van der Waals surface area contributed by atoms with Crippen molar-refractivity contribution in [3.05, 3.63) is 36.4 Å². The molecule has 0 spiro atoms. The summed E-state index contributed by atoms with van der Waals surface area (Å²) in [4.78, 5) is 28.6. The molecule has 27 heavy (non-hydrogen) atoms. The highest BCUT2D eigenvalue weighted by atomic mass is 16.3. The SMILES string of the molecule is C=CCN1C(N/N=C/c2ccc(O)cc2[O-])=[N+]=C2C1C(=O)N(C)C(=O)N2C. The van der Waals surface area contributed by atoms with Crippen LogP contribution in [0.5, 0.6) is 11.5 Å². The number of amides is 3. The predicted molar refractivity (Wildman–Crippen MR) is 97.1 cm³/mol. The Labute approximate surface area is 155 Å². The van der Waals surface area contributed by atoms with Crippen molar-refractivity contribution < 1.29 is 19.8 Å². The molecule has 3 rings (SSSR count). The summed E-state index contributed by atoms with van der Waals surface area (Å²) in [7, 11) is 2.95. The summed E-state index contributed by atoms with van der Waals surface area (Å²) in [5, 5.41) is 25.0. The molecular weight excluding hydrogens is 352 g/mol. The van der Waals surface area contributed by atoms with Gasteiger partial charge in [-0.15, -0.1) is 11.7 Å². The van der Waals surface area contributed by atoms with Gasteiger partial charge in [-0.2, -0.15) is 5.43 Å². The monoisotopic (exact) mass is 370 g/mol. The molecule has 3 amide bonds. The number of hydrazone groups is 1. The molecule has 2 aliphatic heterocycles. The molecule has 0 bridgehead atoms. The quantitative estimate of drug-likeness (QED) is 0.291. The average Bonchev–Trinajstić information content (AvgIpc) is 2.99. The standard InChI is InChI=1S/C17H18N6O4/c1-4-7-23-13-14(21(2)17(27)22(3)15(13)26)19-16(23)20-18-9-10-5-6-11(24)8-12(10)25/h4-6,8-9,13H,1,7H2,2-3H3,(H2,18,24,25). The van der Waals surface area contributed by atoms with Crippen LogP contribution in [0.3, 0.4) is 0 Å². The Balaban J connectivity index is 1.88. The van der Waals surface area contributed by atoms with Gasteiger partial charge in [0.05, 0.1) is 19.8 Å². The fourth-order valence-electron chi connectivity index (χ4n) is 2.81. The number of rotatable bonds is 4. The Bertz CT molecular complexity index is 918. The molecule has 1 saturated heterocycles. The van der Waals surface area contributed by atoms with Crippen LogP contribution in [-0.2, 0) is 4.79 Å². The molecule has 0 aromatic heterocycles. The molecule has 2 heterocycles. The molecule has 1 fully saturated rings. The summed E-state index contributed by atoms with van der Waals surface area (Å²) in [5.41, 5.74) is 2.97. The number of guanidine groups is 1. The van der Waals surface area contributed by atoms with Gasteiger partial charge >= 0.3 is 17.8 Å². The topological polar surface area (TPSA) is 126 Å². The number of urea groups is 1. The maximum atomic E-state index is 12.5. The number of nitrogens with zero attached hydrogens (tertiary/aromatic N) is 5. The number of fused-ring (bicyclic) bond motifs is 1. The van der Waals surface area contributed by atoms with E-state index in [1.54, 1.807) is 11.0 Å². The molecule has 0 radical (unpaired) electrons. The number of aromatic hydroxyl groups is 1. The zero-order valence-electron chi connectivity index (χ0n) is 14.8. The third-order valence-corrected chi connectivity index (χ3v) is 4.22. The van der Waals surface area contributed by atoms with E-state index in [0.29, 0.717) is 6.54 Å². The molecule has 1 atom stereocenters. The second-order valence-electron chi connectivity index (χ2n) is 5.97. The second kappa shape index (κ2) is 6.85. The summed E-state index contributed by atoms with van der Waals surface area (Å²) >= 11 is 0. The van der Waals surface area contributed by atoms with E-state index in [-0.39, 0.29) is 28.9 Å². The minimum absolute atomic E-state index is 0.127. The highest BCUT2D eigenvalue weighted by Gasteiger charge is 2.54. The summed E-state index contributed by atoms with van der Waals surface area (Å²) < 4.78 is 4.32. The largest absolute Gasteiger partial charge is 0.872 e. The number of phenolic OH excluding ortho intramolecular Hbond substituents is 1. The third-order valence-electron chi connectivity index (χ3n) is 4.22. The lowest BCUT2D eigenvalue weighted by molar-refractivity contribution is -0.268. The maximum Gasteiger partial charge on any atom is 0.421 e. The number of hydrogen-bond donors (Lipinski definition) is 2. The van der Waals surface area contributed by atoms with Crippen LogP contribution in [0, 0.1) is 0 Å². The zero-order valence-corrected chi connectivity index (χ0v) is 14.8. The van der Waals surface area contributed by atoms with Crippen molar-refractivity contribution in [2.45, 2.75) is 6.04 Å². The number of carbonyl (C=O) groups excluding carboxylic acids is 2. The fraction of sp³-hybridized carbons (Fsp3) is 0.235. The van der Waals surface area contributed by atoms with Crippen LogP contribution in [0.1, 0.15) is 5.56 Å². The van der Waals surface area contributed by atoms with Crippen LogP contribution in [0.15, 0.2) is 36.0 Å². The van der Waals surface area contributed by atoms with Crippen LogP contribution >= 0.6 is 0 Å². The number of amidine groups is 1. The van der Waals surface area contributed by atoms with E-state index in [1.165, 1.54) is 37.3 Å². The summed E-state index contributed by atoms with van der Waals surface area (Å²) in [6.45, 7) is 3.97. The normalized spacial score (nSPS) is 19.3. The van der Waals surface area contributed by atoms with Gasteiger partial charge < -0.3 is 10.2 Å². The van der Waals surface area contributed by atoms with E-state index < -0.39 is 18.0 Å². The van der Waals surface area contributed by atoms with E-state index in [0.717, 1.165) is 11.0 Å². The zero-order chi connectivity index (χ0) is 19.7. The van der Waals surface area contributed by atoms with E-state index in [2.05, 4.69) is 21.8 Å². The molecule has 10 heteroatoms. The third kappa shape index (κ3) is 3.09. The van der Waals surface area contributed by atoms with Crippen molar-refractivity contribution in [3.63, 3.8) is 0 Å². The number of imide groups is 1. The lowest BCUT2D eigenvalue weighted by Gasteiger charge is -2.31. The minimum atomic E-state index is -0.767. The molecular formula is C17H18N6O4. The summed E-state index contributed by atoms with van der Waals surface area (Å²) in [6.07, 6.45) is 2.88. The summed E-state index contributed by atoms with van der Waals surface area (Å²) in [5.74, 6) is -0.377. The average molecular weight is 370 g/mol. The first-order chi connectivity index (χ1) is 12.8. The summed E-state index contributed by atoms with van der Waals surface area (Å²) in [6, 6.07) is 2.65. The first-order valence-electron chi connectivity index (χ1n) is 8.02. The molecule has 2 aliphatic rings. The molecule has 0 saturated carbocycles. The van der Waals surface area contributed by atoms with E-state index in [1.807, 2.05) is 0 Å². The van der Waals surface area contributed by atoms with Gasteiger partial charge in [0.1, 0.15) is 5.75 Å². The predicted octanol–water partition coefficient (Wildman–Crippen LogP) is -1.39. The molecule has 10 nitrogen and oxygen atoms in total. The van der Waals surface area contributed by atoms with Gasteiger partial charge in [-0.25, -0.2) is 19.3 Å². The highest BCUT2D eigenvalue weighted by molar-refractivity contribution is 6.23. The lowest BCUT2D eigenvalue weighted by atomic mass is 10.1. The number of phenols is 1. The van der Waals surface area contributed by atoms with Crippen molar-refractivity contribution >= 4 is 29.9 Å². The van der Waals surface area contributed by atoms with Crippen LogP contribution in [0.4, 0.5) is 4.79 Å². The first kappa shape index (κ1) is 18.0. The van der Waals surface area contributed by atoms with Crippen molar-refractivity contribution in [2.24, 2.45) is 5.10 Å². The van der Waals surface area contributed by atoms with Gasteiger partial charge in [0.15, 0.2) is 0 Å². The lowest BCUT2D eigenvalue weighted by Crippen LogP contribution is -2.64. The number of carbonyl (C=O) groups is 2. The maximum absolute atomic E-state index is 12.5. The molecule has 140 valence electrons. The van der Waals surface area contributed by atoms with E-state index >= 15 is 0 Å². The van der Waals surface area contributed by atoms with Crippen molar-refractivity contribution in [1.29, 1.82) is 0 Å². The minimum Gasteiger partial charge on any atom is -0.872 e. The van der Waals surface area contributed by atoms with Crippen LogP contribution in [0.2, 0.25) is 0 Å². The number of benzene rings is 1. The van der Waals surface area contributed by atoms with Gasteiger partial charge in [-0.3, -0.25) is 9.69 Å². The van der Waals surface area contributed by atoms with Crippen molar-refractivity contribution in [1.82, 2.24) is 24.8 Å². The first-order valence-corrected chi connectivity index (χ1v) is 8.02. The van der Waals surface area contributed by atoms with Gasteiger partial charge in [0.25, 0.3) is 5.91 Å². The van der Waals surface area contributed by atoms with Crippen LogP contribution in [0.25, 0.3) is 0 Å². The van der Waals surface area contributed by atoms with Crippen LogP contribution in [-0.4, -0.2) is 76.4 Å². The van der Waals surface area contributed by atoms with Gasteiger partial charge in [0, 0.05) is 7.05 Å². The Hall–Kier alpha value is -3.78. The number of nitrogens with one attached hydrogen (secondary N) is 1. The Kier molecular flexibility index (Phi) is 4.57. The molecule has 1 unspecified atom stereocenters. The molecule has 0 aliphatic carbocycles.